The van der Waals surface area contributed by atoms with Crippen LogP contribution in [0.4, 0.5) is 4.79 Å². The van der Waals surface area contributed by atoms with Crippen molar-refractivity contribution in [2.75, 3.05) is 19.7 Å². The molecule has 0 aliphatic carbocycles. The van der Waals surface area contributed by atoms with Crippen molar-refractivity contribution in [1.82, 2.24) is 4.90 Å². The molecular formula is C18H31N2NaO4. The van der Waals surface area contributed by atoms with Crippen LogP contribution in [0.3, 0.4) is 0 Å². The van der Waals surface area contributed by atoms with Gasteiger partial charge in [0.25, 0.3) is 0 Å². The number of unbranched alkanes of at least 4 members (excludes halogenated alkanes) is 10. The number of amides is 1. The molecule has 1 rings (SSSR count). The van der Waals surface area contributed by atoms with Crippen LogP contribution in [0.2, 0.25) is 0 Å². The molecule has 0 N–H and O–H groups in total. The molecular weight excluding hydrogens is 331 g/mol. The minimum Gasteiger partial charge on any atom is -0.542 e. The first-order valence-electron chi connectivity index (χ1n) is 9.37. The Labute approximate surface area is 173 Å². The van der Waals surface area contributed by atoms with E-state index in [1.165, 1.54) is 51.4 Å². The van der Waals surface area contributed by atoms with Crippen molar-refractivity contribution in [3.05, 3.63) is 0 Å². The maximum Gasteiger partial charge on any atom is 1.00 e. The van der Waals surface area contributed by atoms with Crippen molar-refractivity contribution in [2.45, 2.75) is 77.6 Å². The Balaban J connectivity index is 0.00000576. The van der Waals surface area contributed by atoms with E-state index < -0.39 is 12.1 Å². The quantitative estimate of drug-likeness (QED) is 0.338. The molecule has 0 aromatic rings. The van der Waals surface area contributed by atoms with Gasteiger partial charge in [-0.1, -0.05) is 71.1 Å². The molecule has 0 aromatic carbocycles. The third-order valence-corrected chi connectivity index (χ3v) is 4.22. The molecule has 0 spiro atoms. The van der Waals surface area contributed by atoms with E-state index in [4.69, 9.17) is 4.74 Å². The van der Waals surface area contributed by atoms with Crippen LogP contribution in [0.15, 0.2) is 4.99 Å². The van der Waals surface area contributed by atoms with Gasteiger partial charge in [-0.05, 0) is 6.42 Å². The molecule has 0 saturated heterocycles. The smallest absolute Gasteiger partial charge is 0.542 e. The Morgan fingerprint density at radius 2 is 1.52 bits per heavy atom. The zero-order chi connectivity index (χ0) is 17.6. The molecule has 1 aliphatic heterocycles. The fourth-order valence-electron chi connectivity index (χ4n) is 2.80. The molecule has 0 fully saturated rings. The summed E-state index contributed by atoms with van der Waals surface area (Å²) in [6, 6.07) is 0. The van der Waals surface area contributed by atoms with Gasteiger partial charge in [-0.2, -0.15) is 0 Å². The normalized spacial score (nSPS) is 13.3. The van der Waals surface area contributed by atoms with E-state index in [0.29, 0.717) is 6.61 Å². The van der Waals surface area contributed by atoms with Gasteiger partial charge in [0, 0.05) is 0 Å². The summed E-state index contributed by atoms with van der Waals surface area (Å²) in [4.78, 5) is 27.3. The number of nitrogens with zero attached hydrogens (tertiary/aromatic N) is 2. The van der Waals surface area contributed by atoms with Crippen LogP contribution in [-0.4, -0.2) is 42.5 Å². The summed E-state index contributed by atoms with van der Waals surface area (Å²) in [5, 5.41) is 10.8. The van der Waals surface area contributed by atoms with E-state index in [1.807, 2.05) is 0 Å². The number of rotatable bonds is 13. The van der Waals surface area contributed by atoms with E-state index in [0.717, 1.165) is 24.2 Å². The van der Waals surface area contributed by atoms with Gasteiger partial charge in [-0.3, -0.25) is 9.89 Å². The van der Waals surface area contributed by atoms with Gasteiger partial charge in [0.15, 0.2) is 5.84 Å². The topological polar surface area (TPSA) is 82.0 Å². The van der Waals surface area contributed by atoms with Crippen molar-refractivity contribution in [3.63, 3.8) is 0 Å². The maximum atomic E-state index is 11.8. The van der Waals surface area contributed by atoms with E-state index in [-0.39, 0.29) is 48.5 Å². The van der Waals surface area contributed by atoms with Crippen LogP contribution in [-0.2, 0) is 9.53 Å². The van der Waals surface area contributed by atoms with Gasteiger partial charge < -0.3 is 14.6 Å². The zero-order valence-corrected chi connectivity index (χ0v) is 17.9. The minimum atomic E-state index is -1.43. The summed E-state index contributed by atoms with van der Waals surface area (Å²) in [7, 11) is 0. The van der Waals surface area contributed by atoms with E-state index in [1.54, 1.807) is 0 Å². The van der Waals surface area contributed by atoms with Crippen LogP contribution in [0.25, 0.3) is 0 Å². The van der Waals surface area contributed by atoms with Crippen molar-refractivity contribution in [2.24, 2.45) is 4.99 Å². The van der Waals surface area contributed by atoms with Gasteiger partial charge in [0.05, 0.1) is 19.7 Å². The first-order valence-corrected chi connectivity index (χ1v) is 9.37. The predicted molar refractivity (Wildman–Crippen MR) is 91.8 cm³/mol. The number of ether oxygens (including phenoxy) is 1. The van der Waals surface area contributed by atoms with Gasteiger partial charge in [-0.25, -0.2) is 4.79 Å². The van der Waals surface area contributed by atoms with E-state index in [2.05, 4.69) is 11.9 Å². The van der Waals surface area contributed by atoms with Crippen LogP contribution in [0, 0.1) is 0 Å². The monoisotopic (exact) mass is 362 g/mol. The third kappa shape index (κ3) is 10.9. The molecule has 0 bridgehead atoms. The third-order valence-electron chi connectivity index (χ3n) is 4.22. The minimum absolute atomic E-state index is 0. The fraction of sp³-hybridized carbons (Fsp3) is 0.833. The molecule has 0 radical (unpaired) electrons. The summed E-state index contributed by atoms with van der Waals surface area (Å²) >= 11 is 0. The summed E-state index contributed by atoms with van der Waals surface area (Å²) in [6.07, 6.45) is 12.9. The number of aliphatic imine (C=N–C) groups is 1. The molecule has 1 aliphatic rings. The van der Waals surface area contributed by atoms with Crippen LogP contribution < -0.4 is 34.7 Å². The van der Waals surface area contributed by atoms with Crippen molar-refractivity contribution >= 4 is 17.9 Å². The van der Waals surface area contributed by atoms with Crippen LogP contribution in [0.1, 0.15) is 77.6 Å². The van der Waals surface area contributed by atoms with Gasteiger partial charge in [0.2, 0.25) is 0 Å². The Morgan fingerprint density at radius 1 is 1.00 bits per heavy atom. The largest absolute Gasteiger partial charge is 1.00 e. The second-order valence-electron chi connectivity index (χ2n) is 6.29. The summed E-state index contributed by atoms with van der Waals surface area (Å²) in [6.45, 7) is 3.10. The SMILES string of the molecule is CCCCCCCCCCCCCOC(=O)N1CCN=C1C(=O)[O-].[Na+]. The van der Waals surface area contributed by atoms with Crippen molar-refractivity contribution in [3.8, 4) is 0 Å². The van der Waals surface area contributed by atoms with Crippen molar-refractivity contribution < 1.29 is 49.0 Å². The Morgan fingerprint density at radius 3 is 2.04 bits per heavy atom. The maximum absolute atomic E-state index is 11.8. The van der Waals surface area contributed by atoms with Gasteiger partial charge in [-0.15, -0.1) is 0 Å². The summed E-state index contributed by atoms with van der Waals surface area (Å²) < 4.78 is 5.10. The zero-order valence-electron chi connectivity index (χ0n) is 15.9. The van der Waals surface area contributed by atoms with Crippen molar-refractivity contribution in [1.29, 1.82) is 0 Å². The predicted octanol–water partition coefficient (Wildman–Crippen LogP) is -0.0980. The van der Waals surface area contributed by atoms with Crippen LogP contribution in [0.5, 0.6) is 0 Å². The molecule has 0 saturated carbocycles. The molecule has 0 unspecified atom stereocenters. The molecule has 0 atom stereocenters. The summed E-state index contributed by atoms with van der Waals surface area (Å²) in [5.74, 6) is -1.75. The average Bonchev–Trinajstić information content (AvgIpc) is 3.05. The number of amidine groups is 1. The molecule has 6 nitrogen and oxygen atoms in total. The molecule has 1 amide bonds. The number of aliphatic carboxylic acids is 1. The fourth-order valence-corrected chi connectivity index (χ4v) is 2.80. The molecule has 25 heavy (non-hydrogen) atoms. The Bertz CT molecular complexity index is 416. The average molecular weight is 362 g/mol. The first kappa shape index (κ1) is 24.4. The second-order valence-corrected chi connectivity index (χ2v) is 6.29. The standard InChI is InChI=1S/C18H32N2O4.Na/c1-2-3-4-5-6-7-8-9-10-11-12-15-24-18(23)20-14-13-19-16(20)17(21)22;/h2-15H2,1H3,(H,21,22);/q;+1/p-1. The molecule has 138 valence electrons. The summed E-state index contributed by atoms with van der Waals surface area (Å²) in [5.41, 5.74) is 0. The molecule has 0 aromatic heterocycles. The van der Waals surface area contributed by atoms with E-state index >= 15 is 0 Å². The number of carbonyl (C=O) groups excluding carboxylic acids is 2. The molecule has 1 heterocycles. The number of hydrogen-bond acceptors (Lipinski definition) is 5. The Hall–Kier alpha value is -0.590. The van der Waals surface area contributed by atoms with Gasteiger partial charge >= 0.3 is 35.7 Å². The number of carboxylic acids is 1. The number of carbonyl (C=O) groups is 2. The van der Waals surface area contributed by atoms with Gasteiger partial charge in [0.1, 0.15) is 5.97 Å². The van der Waals surface area contributed by atoms with E-state index in [9.17, 15) is 14.7 Å². The molecule has 7 heteroatoms. The Kier molecular flexibility index (Phi) is 15.3. The number of hydrogen-bond donors (Lipinski definition) is 0. The van der Waals surface area contributed by atoms with Crippen LogP contribution >= 0.6 is 0 Å². The second kappa shape index (κ2) is 15.6. The first-order chi connectivity index (χ1) is 11.7. The number of carboxylic acid groups (broad SMARTS) is 1.